The van der Waals surface area contributed by atoms with Crippen molar-refractivity contribution in [2.75, 3.05) is 5.32 Å². The molecule has 0 fully saturated rings. The zero-order chi connectivity index (χ0) is 15.3. The zero-order valence-corrected chi connectivity index (χ0v) is 12.8. The summed E-state index contributed by atoms with van der Waals surface area (Å²) in [6, 6.07) is 1.18. The van der Waals surface area contributed by atoms with E-state index in [1.54, 1.807) is 0 Å². The Morgan fingerprint density at radius 2 is 1.80 bits per heavy atom. The van der Waals surface area contributed by atoms with E-state index < -0.39 is 18.0 Å². The summed E-state index contributed by atoms with van der Waals surface area (Å²) >= 11 is 17.6. The molecule has 0 saturated heterocycles. The third kappa shape index (κ3) is 4.74. The smallest absolute Gasteiger partial charge is 0.326 e. The van der Waals surface area contributed by atoms with Gasteiger partial charge in [0.1, 0.15) is 6.04 Å². The van der Waals surface area contributed by atoms with Crippen LogP contribution in [-0.2, 0) is 4.79 Å². The average molecular weight is 340 g/mol. The van der Waals surface area contributed by atoms with Gasteiger partial charge in [-0.1, -0.05) is 48.1 Å². The second kappa shape index (κ2) is 7.57. The predicted octanol–water partition coefficient (Wildman–Crippen LogP) is 4.02. The lowest BCUT2D eigenvalue weighted by Gasteiger charge is -2.15. The van der Waals surface area contributed by atoms with Crippen molar-refractivity contribution in [1.29, 1.82) is 0 Å². The molecule has 0 unspecified atom stereocenters. The van der Waals surface area contributed by atoms with E-state index in [4.69, 9.17) is 39.9 Å². The molecule has 0 aliphatic heterocycles. The van der Waals surface area contributed by atoms with E-state index in [0.717, 1.165) is 0 Å². The summed E-state index contributed by atoms with van der Waals surface area (Å²) in [5, 5.41) is 14.4. The molecule has 0 radical (unpaired) electrons. The molecule has 8 heteroatoms. The first-order chi connectivity index (χ1) is 9.35. The van der Waals surface area contributed by atoms with Gasteiger partial charge < -0.3 is 15.7 Å². The van der Waals surface area contributed by atoms with Gasteiger partial charge in [-0.25, -0.2) is 9.59 Å². The number of carbonyl (C=O) groups excluding carboxylic acids is 1. The molecule has 1 aromatic carbocycles. The first-order valence-corrected chi connectivity index (χ1v) is 6.93. The number of hydrogen-bond acceptors (Lipinski definition) is 2. The number of benzene rings is 1. The number of rotatable bonds is 5. The summed E-state index contributed by atoms with van der Waals surface area (Å²) in [6.45, 7) is 1.82. The fraction of sp³-hybridized carbons (Fsp3) is 0.333. The highest BCUT2D eigenvalue weighted by Crippen LogP contribution is 2.33. The van der Waals surface area contributed by atoms with Crippen molar-refractivity contribution in [3.8, 4) is 0 Å². The van der Waals surface area contributed by atoms with Crippen LogP contribution in [0.15, 0.2) is 12.1 Å². The van der Waals surface area contributed by atoms with Gasteiger partial charge in [-0.15, -0.1) is 0 Å². The van der Waals surface area contributed by atoms with Crippen LogP contribution in [0, 0.1) is 0 Å². The quantitative estimate of drug-likeness (QED) is 0.758. The molecular formula is C12H13Cl3N2O3. The first kappa shape index (κ1) is 16.9. The van der Waals surface area contributed by atoms with Gasteiger partial charge in [-0.3, -0.25) is 0 Å². The van der Waals surface area contributed by atoms with Gasteiger partial charge >= 0.3 is 12.0 Å². The summed E-state index contributed by atoms with van der Waals surface area (Å²) in [5.74, 6) is -1.10. The maximum Gasteiger partial charge on any atom is 0.326 e. The third-order valence-electron chi connectivity index (χ3n) is 2.43. The van der Waals surface area contributed by atoms with Crippen molar-refractivity contribution >= 4 is 52.5 Å². The Bertz CT molecular complexity index is 500. The SMILES string of the molecule is CCC[C@@H](NC(=O)Nc1c(Cl)cc(Cl)cc1Cl)C(=O)O. The van der Waals surface area contributed by atoms with Crippen LogP contribution in [0.3, 0.4) is 0 Å². The van der Waals surface area contributed by atoms with Gasteiger partial charge in [-0.05, 0) is 18.6 Å². The lowest BCUT2D eigenvalue weighted by Crippen LogP contribution is -2.42. The molecule has 0 heterocycles. The van der Waals surface area contributed by atoms with E-state index in [0.29, 0.717) is 17.9 Å². The molecule has 20 heavy (non-hydrogen) atoms. The molecular weight excluding hydrogens is 327 g/mol. The van der Waals surface area contributed by atoms with Crippen molar-refractivity contribution in [2.45, 2.75) is 25.8 Å². The molecule has 1 atom stereocenters. The van der Waals surface area contributed by atoms with Crippen LogP contribution < -0.4 is 10.6 Å². The van der Waals surface area contributed by atoms with Crippen LogP contribution in [0.2, 0.25) is 15.1 Å². The number of anilines is 1. The average Bonchev–Trinajstić information content (AvgIpc) is 2.33. The van der Waals surface area contributed by atoms with Crippen LogP contribution >= 0.6 is 34.8 Å². The van der Waals surface area contributed by atoms with Crippen LogP contribution in [0.4, 0.5) is 10.5 Å². The summed E-state index contributed by atoms with van der Waals surface area (Å²) in [7, 11) is 0. The molecule has 0 spiro atoms. The first-order valence-electron chi connectivity index (χ1n) is 5.80. The van der Waals surface area contributed by atoms with Crippen LogP contribution in [0.1, 0.15) is 19.8 Å². The van der Waals surface area contributed by atoms with Gasteiger partial charge in [-0.2, -0.15) is 0 Å². The molecule has 110 valence electrons. The Labute approximate surface area is 131 Å². The number of amides is 2. The minimum atomic E-state index is -1.10. The molecule has 5 nitrogen and oxygen atoms in total. The van der Waals surface area contributed by atoms with Crippen LogP contribution in [0.25, 0.3) is 0 Å². The lowest BCUT2D eigenvalue weighted by molar-refractivity contribution is -0.139. The van der Waals surface area contributed by atoms with Gasteiger partial charge in [0.25, 0.3) is 0 Å². The van der Waals surface area contributed by atoms with Crippen molar-refractivity contribution in [1.82, 2.24) is 5.32 Å². The molecule has 0 bridgehead atoms. The fourth-order valence-corrected chi connectivity index (χ4v) is 2.43. The monoisotopic (exact) mass is 338 g/mol. The van der Waals surface area contributed by atoms with E-state index in [-0.39, 0.29) is 15.7 Å². The topological polar surface area (TPSA) is 78.4 Å². The van der Waals surface area contributed by atoms with Crippen molar-refractivity contribution < 1.29 is 14.7 Å². The normalized spacial score (nSPS) is 11.8. The van der Waals surface area contributed by atoms with Gasteiger partial charge in [0.05, 0.1) is 15.7 Å². The number of carbonyl (C=O) groups is 2. The molecule has 2 amide bonds. The standard InChI is InChI=1S/C12H13Cl3N2O3/c1-2-3-9(11(18)19)16-12(20)17-10-7(14)4-6(13)5-8(10)15/h4-5,9H,2-3H2,1H3,(H,18,19)(H2,16,17,20)/t9-/m1/s1. The van der Waals surface area contributed by atoms with E-state index in [2.05, 4.69) is 10.6 Å². The molecule has 0 saturated carbocycles. The molecule has 0 aromatic heterocycles. The largest absolute Gasteiger partial charge is 0.480 e. The van der Waals surface area contributed by atoms with Gasteiger partial charge in [0.15, 0.2) is 0 Å². The lowest BCUT2D eigenvalue weighted by atomic mass is 10.2. The van der Waals surface area contributed by atoms with E-state index in [1.807, 2.05) is 6.92 Å². The van der Waals surface area contributed by atoms with Crippen LogP contribution in [-0.4, -0.2) is 23.1 Å². The highest BCUT2D eigenvalue weighted by molar-refractivity contribution is 6.42. The molecule has 0 aliphatic rings. The summed E-state index contributed by atoms with van der Waals surface area (Å²) in [4.78, 5) is 22.7. The molecule has 0 aliphatic carbocycles. The Balaban J connectivity index is 2.78. The zero-order valence-electron chi connectivity index (χ0n) is 10.5. The highest BCUT2D eigenvalue weighted by atomic mass is 35.5. The second-order valence-electron chi connectivity index (χ2n) is 4.02. The predicted molar refractivity (Wildman–Crippen MR) is 80.0 cm³/mol. The minimum absolute atomic E-state index is 0.167. The Morgan fingerprint density at radius 3 is 2.25 bits per heavy atom. The van der Waals surface area contributed by atoms with E-state index in [1.165, 1.54) is 12.1 Å². The molecule has 3 N–H and O–H groups in total. The van der Waals surface area contributed by atoms with Gasteiger partial charge in [0.2, 0.25) is 0 Å². The third-order valence-corrected chi connectivity index (χ3v) is 3.24. The van der Waals surface area contributed by atoms with Gasteiger partial charge in [0, 0.05) is 5.02 Å². The molecule has 1 rings (SSSR count). The summed E-state index contributed by atoms with van der Waals surface area (Å²) in [5.41, 5.74) is 0.177. The summed E-state index contributed by atoms with van der Waals surface area (Å²) in [6.07, 6.45) is 0.949. The Hall–Kier alpha value is -1.17. The van der Waals surface area contributed by atoms with Crippen LogP contribution in [0.5, 0.6) is 0 Å². The maximum atomic E-state index is 11.8. The maximum absolute atomic E-state index is 11.8. The van der Waals surface area contributed by atoms with E-state index >= 15 is 0 Å². The number of urea groups is 1. The van der Waals surface area contributed by atoms with Crippen molar-refractivity contribution in [3.63, 3.8) is 0 Å². The van der Waals surface area contributed by atoms with Crippen molar-refractivity contribution in [3.05, 3.63) is 27.2 Å². The van der Waals surface area contributed by atoms with Crippen molar-refractivity contribution in [2.24, 2.45) is 0 Å². The number of halogens is 3. The van der Waals surface area contributed by atoms with E-state index in [9.17, 15) is 9.59 Å². The fourth-order valence-electron chi connectivity index (χ4n) is 1.52. The number of carboxylic acid groups (broad SMARTS) is 1. The second-order valence-corrected chi connectivity index (χ2v) is 5.27. The Kier molecular flexibility index (Phi) is 6.39. The number of hydrogen-bond donors (Lipinski definition) is 3. The Morgan fingerprint density at radius 1 is 1.25 bits per heavy atom. The highest BCUT2D eigenvalue weighted by Gasteiger charge is 2.20. The summed E-state index contributed by atoms with van der Waals surface area (Å²) < 4.78 is 0. The minimum Gasteiger partial charge on any atom is -0.480 e. The molecule has 1 aromatic rings. The number of nitrogens with one attached hydrogen (secondary N) is 2. The number of aliphatic carboxylic acids is 1. The number of carboxylic acids is 1.